The number of aromatic nitrogens is 1. The van der Waals surface area contributed by atoms with Crippen molar-refractivity contribution < 1.29 is 14.7 Å². The number of hydrogen-bond donors (Lipinski definition) is 1. The Hall–Kier alpha value is -1.75. The van der Waals surface area contributed by atoms with Gasteiger partial charge in [0.05, 0.1) is 11.1 Å². The number of imide groups is 1. The molecular formula is C10H10N2O3. The third-order valence-corrected chi connectivity index (χ3v) is 2.31. The van der Waals surface area contributed by atoms with Crippen LogP contribution < -0.4 is 0 Å². The van der Waals surface area contributed by atoms with Crippen LogP contribution in [0.1, 0.15) is 27.1 Å². The molecule has 2 heterocycles. The summed E-state index contributed by atoms with van der Waals surface area (Å²) < 4.78 is 0. The predicted octanol–water partition coefficient (Wildman–Crippen LogP) is 0.0600. The van der Waals surface area contributed by atoms with Gasteiger partial charge in [0.25, 0.3) is 11.8 Å². The SMILES string of the molecule is O=C1c2ccncc2C(=O)N1CCCO. The summed E-state index contributed by atoms with van der Waals surface area (Å²) in [5.74, 6) is -0.623. The monoisotopic (exact) mass is 206 g/mol. The number of aliphatic hydroxyl groups excluding tert-OH is 1. The van der Waals surface area contributed by atoms with E-state index in [0.717, 1.165) is 4.90 Å². The second-order valence-corrected chi connectivity index (χ2v) is 3.26. The molecule has 15 heavy (non-hydrogen) atoms. The Balaban J connectivity index is 2.29. The van der Waals surface area contributed by atoms with E-state index in [1.165, 1.54) is 18.5 Å². The minimum atomic E-state index is -0.323. The molecule has 0 aliphatic carbocycles. The first kappa shape index (κ1) is 9.79. The third-order valence-electron chi connectivity index (χ3n) is 2.31. The number of rotatable bonds is 3. The lowest BCUT2D eigenvalue weighted by atomic mass is 10.2. The summed E-state index contributed by atoms with van der Waals surface area (Å²) in [5.41, 5.74) is 0.744. The Morgan fingerprint density at radius 3 is 2.67 bits per heavy atom. The van der Waals surface area contributed by atoms with Crippen molar-refractivity contribution in [1.29, 1.82) is 0 Å². The van der Waals surface area contributed by atoms with Gasteiger partial charge in [0.2, 0.25) is 0 Å². The molecule has 0 bridgehead atoms. The molecule has 0 aromatic carbocycles. The van der Waals surface area contributed by atoms with Gasteiger partial charge in [-0.3, -0.25) is 19.5 Å². The predicted molar refractivity (Wildman–Crippen MR) is 51.3 cm³/mol. The quantitative estimate of drug-likeness (QED) is 0.710. The Morgan fingerprint density at radius 2 is 2.00 bits per heavy atom. The number of pyridine rings is 1. The molecule has 5 heteroatoms. The summed E-state index contributed by atoms with van der Waals surface area (Å²) in [6.07, 6.45) is 3.28. The molecule has 2 rings (SSSR count). The highest BCUT2D eigenvalue weighted by Gasteiger charge is 2.34. The van der Waals surface area contributed by atoms with E-state index in [1.807, 2.05) is 0 Å². The zero-order chi connectivity index (χ0) is 10.8. The molecule has 0 atom stereocenters. The van der Waals surface area contributed by atoms with Crippen LogP contribution in [0.3, 0.4) is 0 Å². The standard InChI is InChI=1S/C10H10N2O3/c13-5-1-4-12-9(14)7-2-3-11-6-8(7)10(12)15/h2-3,6,13H,1,4-5H2. The van der Waals surface area contributed by atoms with E-state index in [0.29, 0.717) is 17.5 Å². The van der Waals surface area contributed by atoms with Crippen molar-refractivity contribution in [3.8, 4) is 0 Å². The Bertz CT molecular complexity index is 382. The highest BCUT2D eigenvalue weighted by molar-refractivity contribution is 6.21. The van der Waals surface area contributed by atoms with Gasteiger partial charge in [-0.05, 0) is 12.5 Å². The van der Waals surface area contributed by atoms with Gasteiger partial charge >= 0.3 is 0 Å². The van der Waals surface area contributed by atoms with Crippen LogP contribution in [0.5, 0.6) is 0 Å². The highest BCUT2D eigenvalue weighted by atomic mass is 16.3. The second-order valence-electron chi connectivity index (χ2n) is 3.26. The fourth-order valence-electron chi connectivity index (χ4n) is 1.57. The number of hydrogen-bond acceptors (Lipinski definition) is 4. The molecule has 1 aromatic rings. The number of carbonyl (C=O) groups excluding carboxylic acids is 2. The summed E-state index contributed by atoms with van der Waals surface area (Å²) in [5, 5.41) is 8.65. The van der Waals surface area contributed by atoms with Crippen molar-refractivity contribution in [2.24, 2.45) is 0 Å². The lowest BCUT2D eigenvalue weighted by Crippen LogP contribution is -2.31. The van der Waals surface area contributed by atoms with Gasteiger partial charge in [-0.1, -0.05) is 0 Å². The van der Waals surface area contributed by atoms with Crippen molar-refractivity contribution in [3.63, 3.8) is 0 Å². The average Bonchev–Trinajstić information content (AvgIpc) is 2.51. The van der Waals surface area contributed by atoms with E-state index in [2.05, 4.69) is 4.98 Å². The third kappa shape index (κ3) is 1.50. The maximum Gasteiger partial charge on any atom is 0.263 e. The zero-order valence-electron chi connectivity index (χ0n) is 8.01. The number of aliphatic hydroxyl groups is 1. The summed E-state index contributed by atoms with van der Waals surface area (Å²) >= 11 is 0. The summed E-state index contributed by atoms with van der Waals surface area (Å²) in [4.78, 5) is 28.4. The van der Waals surface area contributed by atoms with E-state index in [1.54, 1.807) is 0 Å². The van der Waals surface area contributed by atoms with Crippen LogP contribution in [0, 0.1) is 0 Å². The number of fused-ring (bicyclic) bond motifs is 1. The summed E-state index contributed by atoms with van der Waals surface area (Å²) in [7, 11) is 0. The first-order chi connectivity index (χ1) is 7.25. The van der Waals surface area contributed by atoms with Gasteiger partial charge in [0.1, 0.15) is 0 Å². The van der Waals surface area contributed by atoms with Gasteiger partial charge in [-0.25, -0.2) is 0 Å². The number of amides is 2. The van der Waals surface area contributed by atoms with Gasteiger partial charge in [0.15, 0.2) is 0 Å². The molecule has 0 unspecified atom stereocenters. The molecule has 1 N–H and O–H groups in total. The summed E-state index contributed by atoms with van der Waals surface area (Å²) in [6, 6.07) is 1.54. The summed E-state index contributed by atoms with van der Waals surface area (Å²) in [6.45, 7) is 0.217. The molecule has 1 aliphatic heterocycles. The molecule has 0 spiro atoms. The fourth-order valence-corrected chi connectivity index (χ4v) is 1.57. The fraction of sp³-hybridized carbons (Fsp3) is 0.300. The topological polar surface area (TPSA) is 70.5 Å². The Kier molecular flexibility index (Phi) is 2.47. The molecule has 1 aromatic heterocycles. The Morgan fingerprint density at radius 1 is 1.27 bits per heavy atom. The van der Waals surface area contributed by atoms with Crippen LogP contribution in [-0.2, 0) is 0 Å². The van der Waals surface area contributed by atoms with Crippen LogP contribution in [-0.4, -0.2) is 40.0 Å². The van der Waals surface area contributed by atoms with Gasteiger partial charge in [-0.15, -0.1) is 0 Å². The molecule has 1 aliphatic rings. The highest BCUT2D eigenvalue weighted by Crippen LogP contribution is 2.21. The van der Waals surface area contributed by atoms with Gasteiger partial charge < -0.3 is 5.11 Å². The lowest BCUT2D eigenvalue weighted by molar-refractivity contribution is 0.0645. The van der Waals surface area contributed by atoms with E-state index in [-0.39, 0.29) is 25.0 Å². The maximum absolute atomic E-state index is 11.7. The average molecular weight is 206 g/mol. The molecule has 0 fully saturated rings. The van der Waals surface area contributed by atoms with Crippen molar-refractivity contribution >= 4 is 11.8 Å². The van der Waals surface area contributed by atoms with Crippen LogP contribution in [0.15, 0.2) is 18.5 Å². The van der Waals surface area contributed by atoms with Crippen LogP contribution in [0.2, 0.25) is 0 Å². The van der Waals surface area contributed by atoms with Gasteiger partial charge in [-0.2, -0.15) is 0 Å². The molecular weight excluding hydrogens is 196 g/mol. The van der Waals surface area contributed by atoms with Crippen molar-refractivity contribution in [1.82, 2.24) is 9.88 Å². The van der Waals surface area contributed by atoms with Crippen LogP contribution in [0.4, 0.5) is 0 Å². The van der Waals surface area contributed by atoms with Crippen molar-refractivity contribution in [2.45, 2.75) is 6.42 Å². The molecule has 0 radical (unpaired) electrons. The molecule has 5 nitrogen and oxygen atoms in total. The first-order valence-electron chi connectivity index (χ1n) is 4.66. The maximum atomic E-state index is 11.7. The van der Waals surface area contributed by atoms with Gasteiger partial charge in [0, 0.05) is 25.5 Å². The van der Waals surface area contributed by atoms with E-state index < -0.39 is 0 Å². The van der Waals surface area contributed by atoms with Crippen molar-refractivity contribution in [3.05, 3.63) is 29.6 Å². The lowest BCUT2D eigenvalue weighted by Gasteiger charge is -2.11. The largest absolute Gasteiger partial charge is 0.396 e. The van der Waals surface area contributed by atoms with Crippen LogP contribution in [0.25, 0.3) is 0 Å². The molecule has 78 valence electrons. The van der Waals surface area contributed by atoms with E-state index in [9.17, 15) is 9.59 Å². The van der Waals surface area contributed by atoms with E-state index >= 15 is 0 Å². The minimum Gasteiger partial charge on any atom is -0.396 e. The first-order valence-corrected chi connectivity index (χ1v) is 4.66. The molecule has 0 saturated carbocycles. The smallest absolute Gasteiger partial charge is 0.263 e. The molecule has 0 saturated heterocycles. The minimum absolute atomic E-state index is 0.0361. The Labute approximate surface area is 86.3 Å². The van der Waals surface area contributed by atoms with E-state index in [4.69, 9.17) is 5.11 Å². The normalized spacial score (nSPS) is 14.6. The second kappa shape index (κ2) is 3.78. The molecule has 2 amide bonds. The van der Waals surface area contributed by atoms with Crippen LogP contribution >= 0.6 is 0 Å². The zero-order valence-corrected chi connectivity index (χ0v) is 8.01. The number of nitrogens with zero attached hydrogens (tertiary/aromatic N) is 2. The van der Waals surface area contributed by atoms with Crippen molar-refractivity contribution in [2.75, 3.05) is 13.2 Å². The number of carbonyl (C=O) groups is 2.